The number of imidazole rings is 1. The van der Waals surface area contributed by atoms with Gasteiger partial charge in [0.05, 0.1) is 0 Å². The summed E-state index contributed by atoms with van der Waals surface area (Å²) in [7, 11) is 4.22. The molecule has 1 saturated heterocycles. The summed E-state index contributed by atoms with van der Waals surface area (Å²) in [5.74, 6) is 3.53. The largest absolute Gasteiger partial charge is 0.368 e. The van der Waals surface area contributed by atoms with E-state index in [0.717, 1.165) is 44.2 Å². The van der Waals surface area contributed by atoms with Crippen LogP contribution in [0.15, 0.2) is 24.8 Å². The van der Waals surface area contributed by atoms with Crippen molar-refractivity contribution in [1.82, 2.24) is 24.4 Å². The lowest BCUT2D eigenvalue weighted by atomic mass is 9.97. The Labute approximate surface area is 156 Å². The number of piperidine rings is 1. The van der Waals surface area contributed by atoms with E-state index in [-0.39, 0.29) is 0 Å². The van der Waals surface area contributed by atoms with Gasteiger partial charge in [0.25, 0.3) is 0 Å². The summed E-state index contributed by atoms with van der Waals surface area (Å²) in [6, 6.07) is 2.41. The predicted molar refractivity (Wildman–Crippen MR) is 106 cm³/mol. The minimum Gasteiger partial charge on any atom is -0.368 e. The first kappa shape index (κ1) is 18.6. The van der Waals surface area contributed by atoms with E-state index in [2.05, 4.69) is 74.8 Å². The summed E-state index contributed by atoms with van der Waals surface area (Å²) in [5, 5.41) is 3.36. The van der Waals surface area contributed by atoms with Crippen molar-refractivity contribution in [1.29, 1.82) is 0 Å². The van der Waals surface area contributed by atoms with Gasteiger partial charge in [0.15, 0.2) is 0 Å². The van der Waals surface area contributed by atoms with Gasteiger partial charge in [0.1, 0.15) is 23.8 Å². The Morgan fingerprint density at radius 3 is 2.88 bits per heavy atom. The minimum absolute atomic E-state index is 0.357. The maximum atomic E-state index is 4.68. The van der Waals surface area contributed by atoms with Crippen molar-refractivity contribution >= 4 is 11.6 Å². The Bertz CT molecular complexity index is 695. The molecule has 0 radical (unpaired) electrons. The van der Waals surface area contributed by atoms with Gasteiger partial charge in [-0.2, -0.15) is 0 Å². The van der Waals surface area contributed by atoms with Gasteiger partial charge in [-0.3, -0.25) is 0 Å². The number of hydrogen-bond acceptors (Lipinski definition) is 6. The van der Waals surface area contributed by atoms with Crippen LogP contribution in [-0.2, 0) is 6.54 Å². The van der Waals surface area contributed by atoms with Crippen molar-refractivity contribution < 1.29 is 0 Å². The molecule has 0 aromatic carbocycles. The fourth-order valence-corrected chi connectivity index (χ4v) is 3.47. The molecule has 0 spiro atoms. The molecule has 3 heterocycles. The molecular formula is C19H31N7. The van der Waals surface area contributed by atoms with Crippen LogP contribution in [0.2, 0.25) is 0 Å². The molecule has 2 aromatic rings. The summed E-state index contributed by atoms with van der Waals surface area (Å²) in [5.41, 5.74) is 0. The zero-order valence-electron chi connectivity index (χ0n) is 16.4. The average molecular weight is 358 g/mol. The Kier molecular flexibility index (Phi) is 6.08. The van der Waals surface area contributed by atoms with Crippen LogP contribution in [-0.4, -0.2) is 64.2 Å². The van der Waals surface area contributed by atoms with Crippen LogP contribution >= 0.6 is 0 Å². The van der Waals surface area contributed by atoms with E-state index in [1.165, 1.54) is 12.2 Å². The minimum atomic E-state index is 0.357. The third kappa shape index (κ3) is 4.72. The van der Waals surface area contributed by atoms with Crippen LogP contribution in [0.3, 0.4) is 0 Å². The van der Waals surface area contributed by atoms with Crippen molar-refractivity contribution in [3.8, 4) is 0 Å². The second-order valence-corrected chi connectivity index (χ2v) is 7.63. The molecular weight excluding hydrogens is 326 g/mol. The van der Waals surface area contributed by atoms with Crippen molar-refractivity contribution in [2.45, 2.75) is 45.2 Å². The van der Waals surface area contributed by atoms with Gasteiger partial charge in [-0.25, -0.2) is 15.0 Å². The number of aromatic nitrogens is 4. The number of nitrogens with one attached hydrogen (secondary N) is 1. The van der Waals surface area contributed by atoms with Crippen LogP contribution in [0.1, 0.15) is 38.4 Å². The predicted octanol–water partition coefficient (Wildman–Crippen LogP) is 2.44. The summed E-state index contributed by atoms with van der Waals surface area (Å²) in [6.45, 7) is 8.23. The molecule has 1 aliphatic heterocycles. The number of rotatable bonds is 7. The SMILES string of the molecule is CC(C)Nc1cc(N2CCC[C@H](c3nccn3CCN(C)C)C2)ncn1. The van der Waals surface area contributed by atoms with Crippen molar-refractivity contribution in [2.75, 3.05) is 43.9 Å². The van der Waals surface area contributed by atoms with E-state index in [1.807, 2.05) is 6.20 Å². The highest BCUT2D eigenvalue weighted by molar-refractivity contribution is 5.49. The lowest BCUT2D eigenvalue weighted by molar-refractivity contribution is 0.373. The highest BCUT2D eigenvalue weighted by Crippen LogP contribution is 2.29. The van der Waals surface area contributed by atoms with Gasteiger partial charge < -0.3 is 19.7 Å². The van der Waals surface area contributed by atoms with E-state index in [1.54, 1.807) is 6.33 Å². The van der Waals surface area contributed by atoms with E-state index < -0.39 is 0 Å². The van der Waals surface area contributed by atoms with E-state index in [0.29, 0.717) is 12.0 Å². The zero-order chi connectivity index (χ0) is 18.5. The standard InChI is InChI=1S/C19H31N7/c1-15(2)23-17-12-18(22-14-21-17)26-8-5-6-16(13-26)19-20-7-9-25(19)11-10-24(3)4/h7,9,12,14-16H,5-6,8,10-11,13H2,1-4H3,(H,21,22,23)/t16-/m0/s1. The molecule has 7 nitrogen and oxygen atoms in total. The molecule has 0 bridgehead atoms. The molecule has 1 fully saturated rings. The smallest absolute Gasteiger partial charge is 0.134 e. The van der Waals surface area contributed by atoms with Gasteiger partial charge in [0.2, 0.25) is 0 Å². The van der Waals surface area contributed by atoms with Gasteiger partial charge in [-0.1, -0.05) is 0 Å². The first-order chi connectivity index (χ1) is 12.5. The van der Waals surface area contributed by atoms with E-state index in [4.69, 9.17) is 0 Å². The summed E-state index contributed by atoms with van der Waals surface area (Å²) >= 11 is 0. The topological polar surface area (TPSA) is 62.1 Å². The van der Waals surface area contributed by atoms with Gasteiger partial charge >= 0.3 is 0 Å². The average Bonchev–Trinajstić information content (AvgIpc) is 3.08. The molecule has 1 N–H and O–H groups in total. The molecule has 0 aliphatic carbocycles. The zero-order valence-corrected chi connectivity index (χ0v) is 16.4. The van der Waals surface area contributed by atoms with Crippen LogP contribution in [0.5, 0.6) is 0 Å². The third-order valence-corrected chi connectivity index (χ3v) is 4.74. The molecule has 2 aromatic heterocycles. The quantitative estimate of drug-likeness (QED) is 0.821. The maximum Gasteiger partial charge on any atom is 0.134 e. The monoisotopic (exact) mass is 357 g/mol. The molecule has 0 unspecified atom stereocenters. The highest BCUT2D eigenvalue weighted by Gasteiger charge is 2.25. The first-order valence-electron chi connectivity index (χ1n) is 9.52. The van der Waals surface area contributed by atoms with Crippen molar-refractivity contribution in [3.63, 3.8) is 0 Å². The number of hydrogen-bond donors (Lipinski definition) is 1. The molecule has 0 amide bonds. The van der Waals surface area contributed by atoms with Gasteiger partial charge in [-0.15, -0.1) is 0 Å². The van der Waals surface area contributed by atoms with Gasteiger partial charge in [-0.05, 0) is 40.8 Å². The Morgan fingerprint density at radius 2 is 2.12 bits per heavy atom. The van der Waals surface area contributed by atoms with Crippen LogP contribution in [0.25, 0.3) is 0 Å². The van der Waals surface area contributed by atoms with E-state index in [9.17, 15) is 0 Å². The van der Waals surface area contributed by atoms with Crippen molar-refractivity contribution in [3.05, 3.63) is 30.6 Å². The normalized spacial score (nSPS) is 17.9. The fraction of sp³-hybridized carbons (Fsp3) is 0.632. The lowest BCUT2D eigenvalue weighted by Crippen LogP contribution is -2.36. The number of anilines is 2. The summed E-state index contributed by atoms with van der Waals surface area (Å²) in [6.07, 6.45) is 8.02. The van der Waals surface area contributed by atoms with Crippen LogP contribution in [0, 0.1) is 0 Å². The van der Waals surface area contributed by atoms with Crippen LogP contribution < -0.4 is 10.2 Å². The highest BCUT2D eigenvalue weighted by atomic mass is 15.2. The summed E-state index contributed by atoms with van der Waals surface area (Å²) < 4.78 is 2.31. The summed E-state index contributed by atoms with van der Waals surface area (Å²) in [4.78, 5) is 18.1. The fourth-order valence-electron chi connectivity index (χ4n) is 3.47. The molecule has 3 rings (SSSR count). The Balaban J connectivity index is 1.71. The molecule has 1 atom stereocenters. The van der Waals surface area contributed by atoms with E-state index >= 15 is 0 Å². The van der Waals surface area contributed by atoms with Crippen LogP contribution in [0.4, 0.5) is 11.6 Å². The molecule has 7 heteroatoms. The second kappa shape index (κ2) is 8.49. The van der Waals surface area contributed by atoms with Crippen molar-refractivity contribution in [2.24, 2.45) is 0 Å². The Morgan fingerprint density at radius 1 is 1.27 bits per heavy atom. The van der Waals surface area contributed by atoms with Gasteiger partial charge in [0, 0.05) is 56.6 Å². The first-order valence-corrected chi connectivity index (χ1v) is 9.52. The number of likely N-dealkylation sites (N-methyl/N-ethyl adjacent to an activating group) is 1. The lowest BCUT2D eigenvalue weighted by Gasteiger charge is -2.33. The number of nitrogens with zero attached hydrogens (tertiary/aromatic N) is 6. The molecule has 1 aliphatic rings. The molecule has 26 heavy (non-hydrogen) atoms. The maximum absolute atomic E-state index is 4.68. The second-order valence-electron chi connectivity index (χ2n) is 7.63. The Hall–Kier alpha value is -2.15. The molecule has 142 valence electrons. The third-order valence-electron chi connectivity index (χ3n) is 4.74. The molecule has 0 saturated carbocycles.